The Balaban J connectivity index is 1.14. The van der Waals surface area contributed by atoms with Crippen molar-refractivity contribution >= 4 is 39.3 Å². The highest BCUT2D eigenvalue weighted by Crippen LogP contribution is 2.48. The Morgan fingerprint density at radius 1 is 1.17 bits per heavy atom. The molecular weight excluding hydrogens is 691 g/mol. The first-order valence-corrected chi connectivity index (χ1v) is 20.5. The van der Waals surface area contributed by atoms with Crippen LogP contribution in [0.1, 0.15) is 69.0 Å². The maximum atomic E-state index is 13.8. The zero-order valence-corrected chi connectivity index (χ0v) is 30.1. The van der Waals surface area contributed by atoms with Crippen LogP contribution in [0, 0.1) is 24.7 Å². The van der Waals surface area contributed by atoms with Crippen molar-refractivity contribution in [1.29, 1.82) is 0 Å². The lowest BCUT2D eigenvalue weighted by Crippen LogP contribution is -2.58. The summed E-state index contributed by atoms with van der Waals surface area (Å²) in [5, 5.41) is 3.67. The van der Waals surface area contributed by atoms with Gasteiger partial charge in [0.05, 0.1) is 43.7 Å². The number of alkyl halides is 4. The maximum Gasteiger partial charge on any atom is 0.401 e. The Labute approximate surface area is 289 Å². The van der Waals surface area contributed by atoms with Gasteiger partial charge in [-0.2, -0.15) is 24.9 Å². The monoisotopic (exact) mass is 737 g/mol. The highest BCUT2D eigenvalue weighted by molar-refractivity contribution is 8.00. The number of fused-ring (bicyclic) bond motifs is 2. The summed E-state index contributed by atoms with van der Waals surface area (Å²) in [4.78, 5) is 33.0. The second kappa shape index (κ2) is 14.3. The summed E-state index contributed by atoms with van der Waals surface area (Å²) in [6.07, 6.45) is 2.66. The number of hydrogen-bond donors (Lipinski definition) is 2. The number of sulfonamides is 1. The molecule has 2 aliphatic heterocycles. The molecule has 10 nitrogen and oxygen atoms in total. The van der Waals surface area contributed by atoms with Gasteiger partial charge >= 0.3 is 6.18 Å². The SMILES string of the molecule is Cc1nc2c(c(=O)n1CCOC1CCC(Cl)CC1C1CC(C)NC3C(C(=O)NS(C)(=O)=O)CSC13)C[C@@H](N(CC(F)(F)F)C1CC1)CC2. The average molecular weight is 738 g/mol. The third-order valence-corrected chi connectivity index (χ3v) is 13.5. The summed E-state index contributed by atoms with van der Waals surface area (Å²) in [5.41, 5.74) is 1.03. The first-order chi connectivity index (χ1) is 22.6. The third-order valence-electron chi connectivity index (χ3n) is 10.9. The van der Waals surface area contributed by atoms with E-state index in [1.54, 1.807) is 28.2 Å². The molecule has 9 atom stereocenters. The lowest BCUT2D eigenvalue weighted by Gasteiger charge is -2.47. The van der Waals surface area contributed by atoms with Crippen LogP contribution in [0.15, 0.2) is 4.79 Å². The Morgan fingerprint density at radius 3 is 2.60 bits per heavy atom. The first kappa shape index (κ1) is 36.4. The van der Waals surface area contributed by atoms with E-state index in [9.17, 15) is 31.2 Å². The van der Waals surface area contributed by atoms with Crippen LogP contribution < -0.4 is 15.6 Å². The molecule has 0 aromatic carbocycles. The lowest BCUT2D eigenvalue weighted by atomic mass is 9.70. The van der Waals surface area contributed by atoms with E-state index in [2.05, 4.69) is 17.0 Å². The van der Waals surface area contributed by atoms with Gasteiger partial charge in [0, 0.05) is 46.1 Å². The average Bonchev–Trinajstić information content (AvgIpc) is 3.75. The second-order valence-corrected chi connectivity index (χ2v) is 18.2. The molecule has 5 aliphatic rings. The quantitative estimate of drug-likeness (QED) is 0.348. The van der Waals surface area contributed by atoms with E-state index in [-0.39, 0.29) is 77.9 Å². The molecule has 6 rings (SSSR count). The van der Waals surface area contributed by atoms with E-state index in [0.717, 1.165) is 44.8 Å². The Morgan fingerprint density at radius 2 is 1.92 bits per heavy atom. The molecule has 48 heavy (non-hydrogen) atoms. The van der Waals surface area contributed by atoms with Gasteiger partial charge in [-0.1, -0.05) is 0 Å². The number of amides is 1. The summed E-state index contributed by atoms with van der Waals surface area (Å²) in [5.74, 6) is 0.494. The molecule has 1 aromatic heterocycles. The molecular formula is C32H47ClF3N5O5S2. The van der Waals surface area contributed by atoms with E-state index in [1.165, 1.54) is 0 Å². The molecule has 4 fully saturated rings. The minimum atomic E-state index is -4.29. The Kier molecular flexibility index (Phi) is 10.9. The van der Waals surface area contributed by atoms with Gasteiger partial charge in [0.1, 0.15) is 5.82 Å². The molecule has 0 spiro atoms. The zero-order chi connectivity index (χ0) is 34.5. The number of rotatable bonds is 10. The number of carbonyl (C=O) groups is 1. The van der Waals surface area contributed by atoms with Crippen LogP contribution in [0.3, 0.4) is 0 Å². The summed E-state index contributed by atoms with van der Waals surface area (Å²) in [7, 11) is -3.67. The molecule has 16 heteroatoms. The van der Waals surface area contributed by atoms with Crippen molar-refractivity contribution in [2.24, 2.45) is 17.8 Å². The van der Waals surface area contributed by atoms with Gasteiger partial charge in [0.2, 0.25) is 15.9 Å². The second-order valence-electron chi connectivity index (χ2n) is 14.6. The fourth-order valence-electron chi connectivity index (χ4n) is 8.71. The highest BCUT2D eigenvalue weighted by atomic mass is 35.5. The zero-order valence-electron chi connectivity index (χ0n) is 27.7. The summed E-state index contributed by atoms with van der Waals surface area (Å²) in [6, 6.07) is -0.444. The molecule has 3 heterocycles. The predicted molar refractivity (Wildman–Crippen MR) is 179 cm³/mol. The maximum absolute atomic E-state index is 13.8. The minimum absolute atomic E-state index is 0.00410. The minimum Gasteiger partial charge on any atom is -0.376 e. The number of piperidine rings is 1. The van der Waals surface area contributed by atoms with Crippen LogP contribution in [0.4, 0.5) is 13.2 Å². The molecule has 2 N–H and O–H groups in total. The van der Waals surface area contributed by atoms with Crippen molar-refractivity contribution in [2.45, 2.75) is 125 Å². The number of halogens is 4. The molecule has 8 unspecified atom stereocenters. The van der Waals surface area contributed by atoms with Crippen molar-refractivity contribution in [3.05, 3.63) is 27.4 Å². The summed E-state index contributed by atoms with van der Waals surface area (Å²) < 4.78 is 74.1. The number of aryl methyl sites for hydroxylation is 2. The van der Waals surface area contributed by atoms with E-state index < -0.39 is 34.6 Å². The van der Waals surface area contributed by atoms with Gasteiger partial charge in [0.25, 0.3) is 5.56 Å². The normalized spacial score (nSPS) is 34.1. The Hall–Kier alpha value is -1.39. The molecule has 0 bridgehead atoms. The number of aromatic nitrogens is 2. The fraction of sp³-hybridized carbons (Fsp3) is 0.844. The van der Waals surface area contributed by atoms with E-state index in [4.69, 9.17) is 21.3 Å². The van der Waals surface area contributed by atoms with Gasteiger partial charge in [0.15, 0.2) is 0 Å². The van der Waals surface area contributed by atoms with Crippen molar-refractivity contribution in [3.63, 3.8) is 0 Å². The van der Waals surface area contributed by atoms with Gasteiger partial charge in [-0.3, -0.25) is 23.8 Å². The molecule has 1 aromatic rings. The highest BCUT2D eigenvalue weighted by Gasteiger charge is 2.52. The number of nitrogens with one attached hydrogen (secondary N) is 2. The van der Waals surface area contributed by atoms with Crippen LogP contribution in [0.25, 0.3) is 0 Å². The largest absolute Gasteiger partial charge is 0.401 e. The molecule has 270 valence electrons. The Bertz CT molecular complexity index is 1530. The lowest BCUT2D eigenvalue weighted by molar-refractivity contribution is -0.153. The number of carbonyl (C=O) groups excluding carboxylic acids is 1. The van der Waals surface area contributed by atoms with Crippen LogP contribution >= 0.6 is 23.4 Å². The third kappa shape index (κ3) is 8.38. The molecule has 0 radical (unpaired) electrons. The van der Waals surface area contributed by atoms with Gasteiger partial charge in [-0.05, 0) is 83.5 Å². The van der Waals surface area contributed by atoms with E-state index in [1.807, 2.05) is 0 Å². The number of ether oxygens (including phenoxy) is 1. The summed E-state index contributed by atoms with van der Waals surface area (Å²) >= 11 is 8.44. The van der Waals surface area contributed by atoms with Gasteiger partial charge < -0.3 is 10.1 Å². The number of hydrogen-bond acceptors (Lipinski definition) is 9. The van der Waals surface area contributed by atoms with Crippen molar-refractivity contribution in [1.82, 2.24) is 24.5 Å². The van der Waals surface area contributed by atoms with Gasteiger partial charge in [-0.25, -0.2) is 13.4 Å². The van der Waals surface area contributed by atoms with Crippen LogP contribution in [-0.4, -0.2) is 101 Å². The topological polar surface area (TPSA) is 123 Å². The fourth-order valence-corrected chi connectivity index (χ4v) is 11.4. The van der Waals surface area contributed by atoms with Crippen molar-refractivity contribution in [3.8, 4) is 0 Å². The standard InChI is InChI=1S/C32H47ClF3N5O5S2/c1-17-12-23(29-28(37-17)25(15-47-29)30(42)39-48(3,44)45)22-13-19(33)4-9-27(22)46-11-10-40-18(2)38-26-8-7-21(14-24(26)31(40)43)41(20-5-6-20)16-32(34,35)36/h17,19-23,25,27-29,37H,4-16H2,1-3H3,(H,39,42)/t17?,19?,21-,22?,23?,25?,27?,28?,29?/m0/s1. The predicted octanol–water partition coefficient (Wildman–Crippen LogP) is 3.40. The van der Waals surface area contributed by atoms with Crippen LogP contribution in [-0.2, 0) is 38.9 Å². The first-order valence-electron chi connectivity index (χ1n) is 17.1. The smallest absolute Gasteiger partial charge is 0.376 e. The van der Waals surface area contributed by atoms with Crippen molar-refractivity contribution in [2.75, 3.05) is 25.2 Å². The van der Waals surface area contributed by atoms with Gasteiger partial charge in [-0.15, -0.1) is 11.6 Å². The molecule has 1 amide bonds. The number of thioether (sulfide) groups is 1. The summed E-state index contributed by atoms with van der Waals surface area (Å²) in [6.45, 7) is 3.50. The van der Waals surface area contributed by atoms with Crippen molar-refractivity contribution < 1.29 is 31.1 Å². The van der Waals surface area contributed by atoms with Crippen LogP contribution in [0.2, 0.25) is 0 Å². The molecule has 2 saturated carbocycles. The van der Waals surface area contributed by atoms with Crippen LogP contribution in [0.5, 0.6) is 0 Å². The van der Waals surface area contributed by atoms with E-state index >= 15 is 0 Å². The number of nitrogens with zero attached hydrogens (tertiary/aromatic N) is 3. The molecule has 2 saturated heterocycles. The molecule has 3 aliphatic carbocycles. The van der Waals surface area contributed by atoms with E-state index in [0.29, 0.717) is 35.7 Å².